The van der Waals surface area contributed by atoms with E-state index in [4.69, 9.17) is 0 Å². The van der Waals surface area contributed by atoms with E-state index < -0.39 is 17.6 Å². The topological polar surface area (TPSA) is 79.8 Å². The van der Waals surface area contributed by atoms with Gasteiger partial charge in [-0.3, -0.25) is 4.79 Å². The van der Waals surface area contributed by atoms with Gasteiger partial charge in [-0.1, -0.05) is 18.2 Å². The van der Waals surface area contributed by atoms with Crippen LogP contribution in [0.3, 0.4) is 0 Å². The first-order valence-corrected chi connectivity index (χ1v) is 11.1. The molecule has 10 heteroatoms. The van der Waals surface area contributed by atoms with Gasteiger partial charge in [0.05, 0.1) is 14.8 Å². The van der Waals surface area contributed by atoms with E-state index in [1.54, 1.807) is 30.5 Å². The summed E-state index contributed by atoms with van der Waals surface area (Å²) in [5, 5.41) is 5.68. The first kappa shape index (κ1) is 23.6. The molecule has 0 bridgehead atoms. The fourth-order valence-corrected chi connectivity index (χ4v) is 3.63. The van der Waals surface area contributed by atoms with Crippen molar-refractivity contribution < 1.29 is 18.0 Å². The second-order valence-corrected chi connectivity index (χ2v) is 8.48. The number of hydrogen-bond acceptors (Lipinski definition) is 5. The summed E-state index contributed by atoms with van der Waals surface area (Å²) in [7, 11) is 0. The van der Waals surface area contributed by atoms with Crippen LogP contribution >= 0.6 is 22.6 Å². The summed E-state index contributed by atoms with van der Waals surface area (Å²) in [6.07, 6.45) is -1.38. The first-order valence-electron chi connectivity index (χ1n) is 10.00. The zero-order valence-electron chi connectivity index (χ0n) is 17.7. The molecule has 0 saturated carbocycles. The number of halogens is 4. The van der Waals surface area contributed by atoms with Gasteiger partial charge in [0.2, 0.25) is 0 Å². The molecule has 4 rings (SSSR count). The number of carbonyl (C=O) groups is 1. The number of nitrogens with one attached hydrogen (secondary N) is 2. The highest BCUT2D eigenvalue weighted by molar-refractivity contribution is 14.1. The van der Waals surface area contributed by atoms with Gasteiger partial charge in [0, 0.05) is 23.0 Å². The van der Waals surface area contributed by atoms with E-state index in [-0.39, 0.29) is 5.69 Å². The van der Waals surface area contributed by atoms with Crippen LogP contribution in [0.25, 0.3) is 11.3 Å². The largest absolute Gasteiger partial charge is 0.416 e. The highest BCUT2D eigenvalue weighted by Crippen LogP contribution is 2.31. The van der Waals surface area contributed by atoms with Crippen molar-refractivity contribution in [2.75, 3.05) is 10.6 Å². The number of anilines is 3. The van der Waals surface area contributed by atoms with Gasteiger partial charge in [-0.25, -0.2) is 15.0 Å². The number of rotatable bonds is 5. The van der Waals surface area contributed by atoms with Crippen LogP contribution in [-0.4, -0.2) is 20.9 Å². The van der Waals surface area contributed by atoms with Crippen LogP contribution in [-0.2, 0) is 6.18 Å². The van der Waals surface area contributed by atoms with E-state index in [1.807, 2.05) is 19.1 Å². The van der Waals surface area contributed by atoms with Gasteiger partial charge in [0.25, 0.3) is 5.91 Å². The van der Waals surface area contributed by atoms with Crippen LogP contribution in [0.15, 0.2) is 73.2 Å². The Labute approximate surface area is 206 Å². The maximum Gasteiger partial charge on any atom is 0.416 e. The molecule has 2 heterocycles. The molecule has 0 fully saturated rings. The monoisotopic (exact) mass is 575 g/mol. The molecule has 1 amide bonds. The van der Waals surface area contributed by atoms with Crippen molar-refractivity contribution >= 4 is 45.8 Å². The number of aryl methyl sites for hydroxylation is 1. The molecule has 34 heavy (non-hydrogen) atoms. The third-order valence-electron chi connectivity index (χ3n) is 4.89. The third-order valence-corrected chi connectivity index (χ3v) is 5.68. The van der Waals surface area contributed by atoms with Crippen molar-refractivity contribution in [2.24, 2.45) is 0 Å². The summed E-state index contributed by atoms with van der Waals surface area (Å²) in [4.78, 5) is 25.6. The molecule has 4 aromatic rings. The minimum Gasteiger partial charge on any atom is -0.324 e. The maximum atomic E-state index is 13.0. The first-order chi connectivity index (χ1) is 16.2. The van der Waals surface area contributed by atoms with E-state index in [9.17, 15) is 18.0 Å². The number of benzene rings is 2. The molecule has 0 aliphatic carbocycles. The lowest BCUT2D eigenvalue weighted by Crippen LogP contribution is -2.13. The van der Waals surface area contributed by atoms with Gasteiger partial charge in [-0.2, -0.15) is 13.2 Å². The van der Waals surface area contributed by atoms with Crippen LogP contribution < -0.4 is 10.6 Å². The van der Waals surface area contributed by atoms with Crippen LogP contribution in [0, 0.1) is 10.5 Å². The number of hydrogen-bond donors (Lipinski definition) is 2. The number of pyridine rings is 1. The van der Waals surface area contributed by atoms with Gasteiger partial charge in [0.15, 0.2) is 0 Å². The predicted molar refractivity (Wildman–Crippen MR) is 132 cm³/mol. The van der Waals surface area contributed by atoms with Gasteiger partial charge in [0.1, 0.15) is 18.0 Å². The Bertz CT molecular complexity index is 1360. The number of nitrogens with zero attached hydrogens (tertiary/aromatic N) is 3. The van der Waals surface area contributed by atoms with E-state index in [2.05, 4.69) is 48.2 Å². The summed E-state index contributed by atoms with van der Waals surface area (Å²) in [6, 6.07) is 15.0. The second-order valence-electron chi connectivity index (χ2n) is 7.31. The summed E-state index contributed by atoms with van der Waals surface area (Å²) in [5.74, 6) is 0.656. The highest BCUT2D eigenvalue weighted by Gasteiger charge is 2.30. The molecular weight excluding hydrogens is 558 g/mol. The fraction of sp³-hybridized carbons (Fsp3) is 0.0833. The number of amides is 1. The predicted octanol–water partition coefficient (Wildman–Crippen LogP) is 6.47. The lowest BCUT2D eigenvalue weighted by Gasteiger charge is -2.12. The molecular formula is C24H17F3IN5O. The molecule has 0 unspecified atom stereocenters. The Morgan fingerprint density at radius 2 is 1.82 bits per heavy atom. The van der Waals surface area contributed by atoms with E-state index in [0.29, 0.717) is 22.9 Å². The summed E-state index contributed by atoms with van der Waals surface area (Å²) in [5.41, 5.74) is 1.76. The minimum atomic E-state index is -4.49. The Kier molecular flexibility index (Phi) is 6.77. The Morgan fingerprint density at radius 3 is 2.59 bits per heavy atom. The van der Waals surface area contributed by atoms with Crippen LogP contribution in [0.5, 0.6) is 0 Å². The maximum absolute atomic E-state index is 13.0. The molecule has 2 N–H and O–H groups in total. The fourth-order valence-electron chi connectivity index (χ4n) is 3.20. The summed E-state index contributed by atoms with van der Waals surface area (Å²) < 4.78 is 39.8. The Morgan fingerprint density at radius 1 is 1.03 bits per heavy atom. The summed E-state index contributed by atoms with van der Waals surface area (Å²) in [6.45, 7) is 1.89. The molecule has 6 nitrogen and oxygen atoms in total. The van der Waals surface area contributed by atoms with Crippen LogP contribution in [0.2, 0.25) is 0 Å². The second kappa shape index (κ2) is 9.75. The van der Waals surface area contributed by atoms with Crippen LogP contribution in [0.4, 0.5) is 30.5 Å². The normalized spacial score (nSPS) is 11.2. The number of alkyl halides is 3. The average Bonchev–Trinajstić information content (AvgIpc) is 2.81. The lowest BCUT2D eigenvalue weighted by molar-refractivity contribution is -0.137. The Hall–Kier alpha value is -3.54. The van der Waals surface area contributed by atoms with E-state index >= 15 is 0 Å². The molecule has 0 radical (unpaired) electrons. The molecule has 0 atom stereocenters. The van der Waals surface area contributed by atoms with E-state index in [0.717, 1.165) is 26.8 Å². The van der Waals surface area contributed by atoms with Crippen molar-refractivity contribution in [3.63, 3.8) is 0 Å². The zero-order valence-corrected chi connectivity index (χ0v) is 19.8. The van der Waals surface area contributed by atoms with Gasteiger partial charge < -0.3 is 10.6 Å². The molecule has 0 aliphatic heterocycles. The molecule has 0 spiro atoms. The SMILES string of the molecule is Cc1ccc(C(=O)Nc2cccc(C(F)(F)F)c2)cc1-c1cccc(Nc2ncncc2I)n1. The van der Waals surface area contributed by atoms with Crippen molar-refractivity contribution in [1.82, 2.24) is 15.0 Å². The highest BCUT2D eigenvalue weighted by atomic mass is 127. The Balaban J connectivity index is 1.59. The summed E-state index contributed by atoms with van der Waals surface area (Å²) >= 11 is 2.12. The zero-order chi connectivity index (χ0) is 24.3. The number of aromatic nitrogens is 3. The smallest absolute Gasteiger partial charge is 0.324 e. The van der Waals surface area contributed by atoms with Gasteiger partial charge in [-0.15, -0.1) is 0 Å². The molecule has 2 aromatic carbocycles. The molecule has 2 aromatic heterocycles. The molecule has 172 valence electrons. The molecule has 0 aliphatic rings. The van der Waals surface area contributed by atoms with Gasteiger partial charge >= 0.3 is 6.18 Å². The quantitative estimate of drug-likeness (QED) is 0.267. The van der Waals surface area contributed by atoms with Crippen molar-refractivity contribution in [3.05, 3.63) is 93.4 Å². The standard InChI is InChI=1S/C24H17F3IN5O/c1-14-8-9-15(23(34)31-17-5-2-4-16(11-17)24(25,26)27)10-18(14)20-6-3-7-21(32-20)33-22-19(28)12-29-13-30-22/h2-13H,1H3,(H,31,34)(H,29,30,32,33). The minimum absolute atomic E-state index is 0.0609. The number of carbonyl (C=O) groups excluding carboxylic acids is 1. The lowest BCUT2D eigenvalue weighted by atomic mass is 10.0. The van der Waals surface area contributed by atoms with Crippen LogP contribution in [0.1, 0.15) is 21.5 Å². The van der Waals surface area contributed by atoms with Gasteiger partial charge in [-0.05, 0) is 77.5 Å². The van der Waals surface area contributed by atoms with Crippen molar-refractivity contribution in [2.45, 2.75) is 13.1 Å². The molecule has 0 saturated heterocycles. The van der Waals surface area contributed by atoms with Crippen molar-refractivity contribution in [3.8, 4) is 11.3 Å². The van der Waals surface area contributed by atoms with Crippen molar-refractivity contribution in [1.29, 1.82) is 0 Å². The van der Waals surface area contributed by atoms with E-state index in [1.165, 1.54) is 18.5 Å². The average molecular weight is 575 g/mol. The third kappa shape index (κ3) is 5.50.